The summed E-state index contributed by atoms with van der Waals surface area (Å²) in [4.78, 5) is 3.47. The van der Waals surface area contributed by atoms with Gasteiger partial charge >= 0.3 is 0 Å². The summed E-state index contributed by atoms with van der Waals surface area (Å²) in [6, 6.07) is 6.14. The van der Waals surface area contributed by atoms with E-state index < -0.39 is 0 Å². The fraction of sp³-hybridized carbons (Fsp3) is 0.333. The summed E-state index contributed by atoms with van der Waals surface area (Å²) >= 11 is 3.67. The molecule has 0 saturated heterocycles. The van der Waals surface area contributed by atoms with Crippen LogP contribution in [0.4, 0.5) is 0 Å². The maximum atomic E-state index is 5.21. The van der Waals surface area contributed by atoms with E-state index in [4.69, 9.17) is 4.74 Å². The molecule has 1 aromatic heterocycles. The van der Waals surface area contributed by atoms with Gasteiger partial charge in [0.25, 0.3) is 0 Å². The molecule has 1 aliphatic rings. The van der Waals surface area contributed by atoms with Crippen LogP contribution >= 0.6 is 15.9 Å². The lowest BCUT2D eigenvalue weighted by molar-refractivity contribution is 0.415. The highest BCUT2D eigenvalue weighted by atomic mass is 79.9. The van der Waals surface area contributed by atoms with Crippen LogP contribution < -0.4 is 4.74 Å². The number of methoxy groups -OCH3 is 1. The van der Waals surface area contributed by atoms with Crippen molar-refractivity contribution < 1.29 is 4.74 Å². The van der Waals surface area contributed by atoms with E-state index in [1.54, 1.807) is 7.11 Å². The molecule has 0 radical (unpaired) electrons. The van der Waals surface area contributed by atoms with Crippen LogP contribution in [0.25, 0.3) is 10.9 Å². The van der Waals surface area contributed by atoms with E-state index in [0.29, 0.717) is 0 Å². The largest absolute Gasteiger partial charge is 0.497 e. The van der Waals surface area contributed by atoms with Gasteiger partial charge in [-0.15, -0.1) is 0 Å². The summed E-state index contributed by atoms with van der Waals surface area (Å²) in [5.41, 5.74) is 2.50. The Balaban J connectivity index is 2.20. The highest BCUT2D eigenvalue weighted by molar-refractivity contribution is 9.10. The van der Waals surface area contributed by atoms with Gasteiger partial charge in [0.2, 0.25) is 0 Å². The molecular formula is C12H12BrNO. The Morgan fingerprint density at radius 3 is 2.87 bits per heavy atom. The first-order valence-electron chi connectivity index (χ1n) is 5.14. The standard InChI is InChI=1S/C12H12BrNO/c1-15-8-4-5-9-10(6-8)14-12(11(9)13)7-2-3-7/h4-7,14H,2-3H2,1H3. The van der Waals surface area contributed by atoms with Crippen molar-refractivity contribution in [3.05, 3.63) is 28.4 Å². The number of halogens is 1. The van der Waals surface area contributed by atoms with E-state index in [-0.39, 0.29) is 0 Å². The van der Waals surface area contributed by atoms with Crippen molar-refractivity contribution in [3.63, 3.8) is 0 Å². The molecule has 1 aliphatic carbocycles. The van der Waals surface area contributed by atoms with Gasteiger partial charge in [0.1, 0.15) is 5.75 Å². The predicted octanol–water partition coefficient (Wildman–Crippen LogP) is 3.82. The number of hydrogen-bond acceptors (Lipinski definition) is 1. The van der Waals surface area contributed by atoms with Gasteiger partial charge in [-0.3, -0.25) is 0 Å². The van der Waals surface area contributed by atoms with Gasteiger partial charge in [0, 0.05) is 27.5 Å². The maximum Gasteiger partial charge on any atom is 0.120 e. The summed E-state index contributed by atoms with van der Waals surface area (Å²) in [7, 11) is 1.70. The van der Waals surface area contributed by atoms with Gasteiger partial charge in [-0.1, -0.05) is 0 Å². The molecule has 1 fully saturated rings. The van der Waals surface area contributed by atoms with E-state index in [1.807, 2.05) is 12.1 Å². The number of H-pyrrole nitrogens is 1. The van der Waals surface area contributed by atoms with Crippen LogP contribution in [0, 0.1) is 0 Å². The lowest BCUT2D eigenvalue weighted by Gasteiger charge is -1.98. The fourth-order valence-electron chi connectivity index (χ4n) is 1.94. The Kier molecular flexibility index (Phi) is 2.02. The highest BCUT2D eigenvalue weighted by Gasteiger charge is 2.28. The molecule has 3 rings (SSSR count). The molecule has 0 atom stereocenters. The van der Waals surface area contributed by atoms with E-state index >= 15 is 0 Å². The first kappa shape index (κ1) is 9.28. The van der Waals surface area contributed by atoms with Gasteiger partial charge in [-0.25, -0.2) is 0 Å². The van der Waals surface area contributed by atoms with Crippen molar-refractivity contribution >= 4 is 26.8 Å². The van der Waals surface area contributed by atoms with Crippen molar-refractivity contribution in [1.29, 1.82) is 0 Å². The van der Waals surface area contributed by atoms with Crippen molar-refractivity contribution in [2.45, 2.75) is 18.8 Å². The number of benzene rings is 1. The number of fused-ring (bicyclic) bond motifs is 1. The molecule has 2 aromatic rings. The van der Waals surface area contributed by atoms with Gasteiger partial charge in [0.05, 0.1) is 12.6 Å². The Bertz CT molecular complexity index is 514. The minimum Gasteiger partial charge on any atom is -0.497 e. The second-order valence-electron chi connectivity index (χ2n) is 4.04. The lowest BCUT2D eigenvalue weighted by atomic mass is 10.2. The lowest BCUT2D eigenvalue weighted by Crippen LogP contribution is -1.81. The smallest absolute Gasteiger partial charge is 0.120 e. The number of aromatic amines is 1. The van der Waals surface area contributed by atoms with E-state index in [2.05, 4.69) is 27.0 Å². The molecule has 0 bridgehead atoms. The Morgan fingerprint density at radius 2 is 2.20 bits per heavy atom. The van der Waals surface area contributed by atoms with Crippen LogP contribution in [0.1, 0.15) is 24.5 Å². The third-order valence-electron chi connectivity index (χ3n) is 2.95. The summed E-state index contributed by atoms with van der Waals surface area (Å²) < 4.78 is 6.44. The second kappa shape index (κ2) is 3.27. The van der Waals surface area contributed by atoms with E-state index in [0.717, 1.165) is 17.2 Å². The van der Waals surface area contributed by atoms with Crippen LogP contribution in [0.15, 0.2) is 22.7 Å². The molecule has 1 aromatic carbocycles. The number of aromatic nitrogens is 1. The Hall–Kier alpha value is -0.960. The molecule has 1 N–H and O–H groups in total. The second-order valence-corrected chi connectivity index (χ2v) is 4.83. The SMILES string of the molecule is COc1ccc2c(Br)c(C3CC3)[nH]c2c1. The van der Waals surface area contributed by atoms with Gasteiger partial charge in [-0.2, -0.15) is 0 Å². The number of ether oxygens (including phenoxy) is 1. The molecule has 15 heavy (non-hydrogen) atoms. The zero-order chi connectivity index (χ0) is 10.4. The zero-order valence-corrected chi connectivity index (χ0v) is 10.1. The molecule has 1 heterocycles. The molecular weight excluding hydrogens is 254 g/mol. The van der Waals surface area contributed by atoms with Crippen molar-refractivity contribution in [2.24, 2.45) is 0 Å². The predicted molar refractivity (Wildman–Crippen MR) is 64.5 cm³/mol. The molecule has 78 valence electrons. The Morgan fingerprint density at radius 1 is 1.40 bits per heavy atom. The summed E-state index contributed by atoms with van der Waals surface area (Å²) in [6.45, 7) is 0. The monoisotopic (exact) mass is 265 g/mol. The Labute approximate surface area is 96.8 Å². The van der Waals surface area contributed by atoms with E-state index in [1.165, 1.54) is 28.4 Å². The van der Waals surface area contributed by atoms with Crippen LogP contribution in [0.2, 0.25) is 0 Å². The average Bonchev–Trinajstić information content (AvgIpc) is 3.04. The van der Waals surface area contributed by atoms with Gasteiger partial charge in [-0.05, 0) is 40.9 Å². The van der Waals surface area contributed by atoms with Crippen LogP contribution in [-0.4, -0.2) is 12.1 Å². The third kappa shape index (κ3) is 1.46. The maximum absolute atomic E-state index is 5.21. The number of hydrogen-bond donors (Lipinski definition) is 1. The minimum absolute atomic E-state index is 0.734. The molecule has 0 amide bonds. The summed E-state index contributed by atoms with van der Waals surface area (Å²) in [6.07, 6.45) is 2.62. The summed E-state index contributed by atoms with van der Waals surface area (Å²) in [5.74, 6) is 1.64. The van der Waals surface area contributed by atoms with Crippen LogP contribution in [-0.2, 0) is 0 Å². The first-order valence-corrected chi connectivity index (χ1v) is 5.94. The zero-order valence-electron chi connectivity index (χ0n) is 8.51. The van der Waals surface area contributed by atoms with Gasteiger partial charge < -0.3 is 9.72 Å². The normalized spacial score (nSPS) is 15.9. The molecule has 2 nitrogen and oxygen atoms in total. The third-order valence-corrected chi connectivity index (χ3v) is 3.81. The highest BCUT2D eigenvalue weighted by Crippen LogP contribution is 2.45. The first-order chi connectivity index (χ1) is 7.29. The quantitative estimate of drug-likeness (QED) is 0.878. The minimum atomic E-state index is 0.734. The van der Waals surface area contributed by atoms with Gasteiger partial charge in [0.15, 0.2) is 0 Å². The van der Waals surface area contributed by atoms with Crippen molar-refractivity contribution in [2.75, 3.05) is 7.11 Å². The topological polar surface area (TPSA) is 25.0 Å². The summed E-state index contributed by atoms with van der Waals surface area (Å²) in [5, 5.41) is 1.25. The molecule has 1 saturated carbocycles. The van der Waals surface area contributed by atoms with Crippen LogP contribution in [0.3, 0.4) is 0 Å². The van der Waals surface area contributed by atoms with Crippen molar-refractivity contribution in [1.82, 2.24) is 4.98 Å². The average molecular weight is 266 g/mol. The van der Waals surface area contributed by atoms with E-state index in [9.17, 15) is 0 Å². The molecule has 3 heteroatoms. The molecule has 0 unspecified atom stereocenters. The van der Waals surface area contributed by atoms with Crippen LogP contribution in [0.5, 0.6) is 5.75 Å². The number of nitrogens with one attached hydrogen (secondary N) is 1. The fourth-order valence-corrected chi connectivity index (χ4v) is 2.71. The van der Waals surface area contributed by atoms with Crippen molar-refractivity contribution in [3.8, 4) is 5.75 Å². The molecule has 0 aliphatic heterocycles. The molecule has 0 spiro atoms. The number of rotatable bonds is 2.